The number of nitrogens with one attached hydrogen (secondary N) is 2. The fourth-order valence-electron chi connectivity index (χ4n) is 2.92. The number of esters is 1. The van der Waals surface area contributed by atoms with Gasteiger partial charge in [0.15, 0.2) is 11.6 Å². The second kappa shape index (κ2) is 9.64. The van der Waals surface area contributed by atoms with E-state index in [1.54, 1.807) is 56.3 Å². The van der Waals surface area contributed by atoms with Gasteiger partial charge in [-0.15, -0.1) is 0 Å². The summed E-state index contributed by atoms with van der Waals surface area (Å²) in [6, 6.07) is 15.4. The third kappa shape index (κ3) is 5.14. The van der Waals surface area contributed by atoms with Crippen molar-refractivity contribution < 1.29 is 23.1 Å². The Bertz CT molecular complexity index is 1260. The minimum Gasteiger partial charge on any atom is -0.507 e. The molecule has 166 valence electrons. The molecule has 10 heteroatoms. The van der Waals surface area contributed by atoms with Gasteiger partial charge in [0.1, 0.15) is 24.3 Å². The molecule has 0 saturated carbocycles. The first kappa shape index (κ1) is 23.0. The van der Waals surface area contributed by atoms with Crippen molar-refractivity contribution in [1.82, 2.24) is 14.7 Å². The average molecular weight is 455 g/mol. The number of nitrogens with zero attached hydrogens (tertiary/aromatic N) is 2. The van der Waals surface area contributed by atoms with Crippen molar-refractivity contribution in [2.45, 2.75) is 24.8 Å². The predicted molar refractivity (Wildman–Crippen MR) is 118 cm³/mol. The summed E-state index contributed by atoms with van der Waals surface area (Å²) in [4.78, 5) is 19.8. The van der Waals surface area contributed by atoms with E-state index in [-0.39, 0.29) is 16.3 Å². The molecule has 1 heterocycles. The second-order valence-electron chi connectivity index (χ2n) is 7.30. The molecule has 0 aliphatic heterocycles. The Morgan fingerprint density at radius 2 is 1.84 bits per heavy atom. The number of carbonyl (C=O) groups excluding carboxylic acids is 1. The number of sulfonamides is 1. The number of ether oxygens (including phenoxy) is 1. The Morgan fingerprint density at radius 1 is 1.19 bits per heavy atom. The largest absolute Gasteiger partial charge is 0.507 e. The van der Waals surface area contributed by atoms with Crippen molar-refractivity contribution >= 4 is 32.6 Å². The quantitative estimate of drug-likeness (QED) is 0.269. The highest BCUT2D eigenvalue weighted by Gasteiger charge is 2.30. The first-order chi connectivity index (χ1) is 15.2. The van der Waals surface area contributed by atoms with Gasteiger partial charge in [0.2, 0.25) is 10.0 Å². The molecule has 32 heavy (non-hydrogen) atoms. The van der Waals surface area contributed by atoms with Crippen LogP contribution in [0.3, 0.4) is 0 Å². The summed E-state index contributed by atoms with van der Waals surface area (Å²) in [6.45, 7) is 2.70. The number of hydrogen-bond acceptors (Lipinski definition) is 7. The summed E-state index contributed by atoms with van der Waals surface area (Å²) in [7, 11) is -3.96. The Labute approximate surface area is 185 Å². The highest BCUT2D eigenvalue weighted by molar-refractivity contribution is 7.89. The van der Waals surface area contributed by atoms with Crippen molar-refractivity contribution in [2.24, 2.45) is 5.92 Å². The number of hydrogen-bond donors (Lipinski definition) is 3. The van der Waals surface area contributed by atoms with Gasteiger partial charge in [-0.25, -0.2) is 13.4 Å². The lowest BCUT2D eigenvalue weighted by Gasteiger charge is -2.20. The van der Waals surface area contributed by atoms with Crippen LogP contribution in [0.25, 0.3) is 16.6 Å². The van der Waals surface area contributed by atoms with Crippen molar-refractivity contribution in [3.8, 4) is 6.07 Å². The Kier molecular flexibility index (Phi) is 6.92. The Morgan fingerprint density at radius 3 is 2.47 bits per heavy atom. The van der Waals surface area contributed by atoms with E-state index in [0.29, 0.717) is 11.0 Å². The van der Waals surface area contributed by atoms with E-state index in [0.717, 1.165) is 0 Å². The zero-order valence-electron chi connectivity index (χ0n) is 17.4. The maximum Gasteiger partial charge on any atom is 0.324 e. The number of fused-ring (bicyclic) bond motifs is 1. The molecule has 0 aliphatic carbocycles. The lowest BCUT2D eigenvalue weighted by Crippen LogP contribution is -2.45. The number of aromatic amines is 1. The van der Waals surface area contributed by atoms with Gasteiger partial charge in [-0.05, 0) is 30.2 Å². The Balaban J connectivity index is 1.76. The number of allylic oxidation sites excluding steroid dienone is 1. The maximum atomic E-state index is 12.6. The summed E-state index contributed by atoms with van der Waals surface area (Å²) < 4.78 is 32.6. The van der Waals surface area contributed by atoms with Gasteiger partial charge >= 0.3 is 5.97 Å². The van der Waals surface area contributed by atoms with Crippen LogP contribution in [0.5, 0.6) is 0 Å². The number of aliphatic hydroxyl groups is 1. The second-order valence-corrected chi connectivity index (χ2v) is 9.01. The number of benzene rings is 2. The molecule has 0 amide bonds. The molecule has 0 aliphatic rings. The van der Waals surface area contributed by atoms with E-state index in [9.17, 15) is 23.6 Å². The molecule has 1 atom stereocenters. The first-order valence-corrected chi connectivity index (χ1v) is 11.2. The number of aliphatic hydroxyl groups excluding tert-OH is 1. The van der Waals surface area contributed by atoms with E-state index >= 15 is 0 Å². The number of nitriles is 1. The van der Waals surface area contributed by atoms with E-state index in [2.05, 4.69) is 14.7 Å². The maximum absolute atomic E-state index is 12.6. The fourth-order valence-corrected chi connectivity index (χ4v) is 4.27. The molecular weight excluding hydrogens is 432 g/mol. The van der Waals surface area contributed by atoms with Crippen LogP contribution in [0.15, 0.2) is 65.3 Å². The molecule has 3 rings (SSSR count). The monoisotopic (exact) mass is 454 g/mol. The number of H-pyrrole nitrogens is 1. The highest BCUT2D eigenvalue weighted by atomic mass is 32.2. The van der Waals surface area contributed by atoms with Gasteiger partial charge < -0.3 is 14.8 Å². The molecule has 3 aromatic rings. The molecule has 2 aromatic carbocycles. The van der Waals surface area contributed by atoms with Crippen LogP contribution in [0, 0.1) is 17.2 Å². The van der Waals surface area contributed by atoms with Crippen LogP contribution < -0.4 is 4.72 Å². The molecule has 0 radical (unpaired) electrons. The number of carbonyl (C=O) groups is 1. The lowest BCUT2D eigenvalue weighted by molar-refractivity contribution is -0.146. The molecule has 0 saturated heterocycles. The topological polar surface area (TPSA) is 145 Å². The van der Waals surface area contributed by atoms with Gasteiger partial charge in [-0.1, -0.05) is 44.2 Å². The number of aromatic nitrogens is 2. The van der Waals surface area contributed by atoms with E-state index in [1.807, 2.05) is 6.07 Å². The van der Waals surface area contributed by atoms with Gasteiger partial charge in [-0.3, -0.25) is 4.79 Å². The summed E-state index contributed by atoms with van der Waals surface area (Å²) in [5.74, 6) is -1.69. The Hall–Kier alpha value is -3.68. The number of rotatable bonds is 8. The standard InChI is InChI=1S/C22H22N4O5S/c1-14(2)20(26-32(29,30)15-8-4-3-5-9-15)22(28)31-13-19(27)16(12-23)21-24-17-10-6-7-11-18(17)25-21/h3-11,14,20,26-27H,13H2,1-2H3,(H,24,25). The van der Waals surface area contributed by atoms with Crippen molar-refractivity contribution in [3.63, 3.8) is 0 Å². The van der Waals surface area contributed by atoms with Crippen LogP contribution in [0.1, 0.15) is 19.7 Å². The van der Waals surface area contributed by atoms with E-state index in [1.165, 1.54) is 12.1 Å². The van der Waals surface area contributed by atoms with Gasteiger partial charge in [0.25, 0.3) is 0 Å². The summed E-state index contributed by atoms with van der Waals surface area (Å²) in [6.07, 6.45) is 0. The SMILES string of the molecule is CC(C)C(NS(=O)(=O)c1ccccc1)C(=O)OCC(O)=C(C#N)c1nc2ccccc2[nH]1. The first-order valence-electron chi connectivity index (χ1n) is 9.74. The van der Waals surface area contributed by atoms with Crippen molar-refractivity contribution in [3.05, 3.63) is 66.2 Å². The summed E-state index contributed by atoms with van der Waals surface area (Å²) in [5.41, 5.74) is 1.10. The molecule has 9 nitrogen and oxygen atoms in total. The van der Waals surface area contributed by atoms with Gasteiger partial charge in [0.05, 0.1) is 15.9 Å². The zero-order valence-corrected chi connectivity index (χ0v) is 18.3. The molecular formula is C22H22N4O5S. The van der Waals surface area contributed by atoms with E-state index < -0.39 is 40.3 Å². The van der Waals surface area contributed by atoms with Crippen molar-refractivity contribution in [2.75, 3.05) is 6.61 Å². The minimum atomic E-state index is -3.96. The third-order valence-corrected chi connectivity index (χ3v) is 6.09. The smallest absolute Gasteiger partial charge is 0.324 e. The van der Waals surface area contributed by atoms with Gasteiger partial charge in [0, 0.05) is 0 Å². The molecule has 1 unspecified atom stereocenters. The predicted octanol–water partition coefficient (Wildman–Crippen LogP) is 2.90. The fraction of sp³-hybridized carbons (Fsp3) is 0.227. The molecule has 0 fully saturated rings. The summed E-state index contributed by atoms with van der Waals surface area (Å²) in [5, 5.41) is 19.8. The molecule has 3 N–H and O–H groups in total. The van der Waals surface area contributed by atoms with Crippen molar-refractivity contribution in [1.29, 1.82) is 5.26 Å². The minimum absolute atomic E-state index is 0.0119. The normalized spacial score (nSPS) is 13.4. The molecule has 0 spiro atoms. The molecule has 0 bridgehead atoms. The molecule has 1 aromatic heterocycles. The highest BCUT2D eigenvalue weighted by Crippen LogP contribution is 2.19. The van der Waals surface area contributed by atoms with Gasteiger partial charge in [-0.2, -0.15) is 9.98 Å². The number of para-hydroxylation sites is 2. The lowest BCUT2D eigenvalue weighted by atomic mass is 10.1. The third-order valence-electron chi connectivity index (χ3n) is 4.63. The van der Waals surface area contributed by atoms with E-state index in [4.69, 9.17) is 4.74 Å². The van der Waals surface area contributed by atoms with Crippen LogP contribution in [-0.4, -0.2) is 42.1 Å². The zero-order chi connectivity index (χ0) is 23.3. The summed E-state index contributed by atoms with van der Waals surface area (Å²) >= 11 is 0. The van der Waals surface area contributed by atoms with Crippen LogP contribution in [0.2, 0.25) is 0 Å². The number of imidazole rings is 1. The average Bonchev–Trinajstić information content (AvgIpc) is 3.20. The van der Waals surface area contributed by atoms with Crippen LogP contribution in [0.4, 0.5) is 0 Å². The van der Waals surface area contributed by atoms with Crippen LogP contribution >= 0.6 is 0 Å². The van der Waals surface area contributed by atoms with Crippen LogP contribution in [-0.2, 0) is 19.6 Å².